The molecule has 0 aliphatic carbocycles. The van der Waals surface area contributed by atoms with Gasteiger partial charge in [0.25, 0.3) is 0 Å². The van der Waals surface area contributed by atoms with Gasteiger partial charge in [-0.2, -0.15) is 5.10 Å². The molecule has 4 heterocycles. The fourth-order valence-corrected chi connectivity index (χ4v) is 4.41. The highest BCUT2D eigenvalue weighted by molar-refractivity contribution is 7.93. The van der Waals surface area contributed by atoms with Crippen LogP contribution in [-0.2, 0) is 21.8 Å². The second kappa shape index (κ2) is 8.13. The molecule has 1 aliphatic heterocycles. The number of nitrogens with zero attached hydrogens (tertiary/aromatic N) is 5. The fourth-order valence-electron chi connectivity index (χ4n) is 3.02. The van der Waals surface area contributed by atoms with Gasteiger partial charge < -0.3 is 10.1 Å². The number of aryl methyl sites for hydroxylation is 1. The summed E-state index contributed by atoms with van der Waals surface area (Å²) < 4.78 is 34.4. The summed E-state index contributed by atoms with van der Waals surface area (Å²) in [5.74, 6) is 0.711. The third-order valence-corrected chi connectivity index (χ3v) is 6.37. The zero-order valence-corrected chi connectivity index (χ0v) is 16.6. The lowest BCUT2D eigenvalue weighted by Gasteiger charge is -2.22. The maximum atomic E-state index is 12.5. The predicted molar refractivity (Wildman–Crippen MR) is 108 cm³/mol. The Labute approximate surface area is 168 Å². The molecule has 152 valence electrons. The zero-order valence-electron chi connectivity index (χ0n) is 15.8. The minimum absolute atomic E-state index is 0.281. The van der Waals surface area contributed by atoms with Crippen molar-refractivity contribution in [1.29, 1.82) is 0 Å². The lowest BCUT2D eigenvalue weighted by Crippen LogP contribution is -2.33. The van der Waals surface area contributed by atoms with E-state index < -0.39 is 15.3 Å². The summed E-state index contributed by atoms with van der Waals surface area (Å²) in [6, 6.07) is 5.16. The summed E-state index contributed by atoms with van der Waals surface area (Å²) in [6.45, 7) is 0.919. The second-order valence-electron chi connectivity index (χ2n) is 6.68. The number of aromatic nitrogens is 5. The minimum Gasteiger partial charge on any atom is -0.381 e. The molecular weight excluding hydrogens is 394 g/mol. The molecule has 0 radical (unpaired) electrons. The average molecular weight is 415 g/mol. The molecule has 0 saturated carbocycles. The van der Waals surface area contributed by atoms with Crippen molar-refractivity contribution in [3.8, 4) is 11.3 Å². The molecule has 3 aromatic rings. The van der Waals surface area contributed by atoms with E-state index in [0.717, 1.165) is 11.3 Å². The third-order valence-electron chi connectivity index (χ3n) is 4.53. The molecule has 2 N–H and O–H groups in total. The van der Waals surface area contributed by atoms with Gasteiger partial charge in [-0.3, -0.25) is 9.40 Å². The molecule has 0 aromatic carbocycles. The van der Waals surface area contributed by atoms with Crippen molar-refractivity contribution >= 4 is 27.5 Å². The summed E-state index contributed by atoms with van der Waals surface area (Å²) in [5, 5.41) is 6.72. The Hall–Kier alpha value is -3.05. The van der Waals surface area contributed by atoms with Crippen LogP contribution in [0.5, 0.6) is 0 Å². The van der Waals surface area contributed by atoms with Crippen molar-refractivity contribution in [3.63, 3.8) is 0 Å². The maximum absolute atomic E-state index is 12.5. The number of nitrogens with one attached hydrogen (secondary N) is 2. The molecule has 1 aliphatic rings. The van der Waals surface area contributed by atoms with Gasteiger partial charge in [0.2, 0.25) is 16.0 Å². The first kappa shape index (κ1) is 19.3. The smallest absolute Gasteiger partial charge is 0.236 e. The van der Waals surface area contributed by atoms with E-state index in [0.29, 0.717) is 37.7 Å². The van der Waals surface area contributed by atoms with Gasteiger partial charge >= 0.3 is 0 Å². The van der Waals surface area contributed by atoms with Crippen LogP contribution in [0.1, 0.15) is 12.8 Å². The van der Waals surface area contributed by atoms with Crippen LogP contribution in [0.15, 0.2) is 43.0 Å². The summed E-state index contributed by atoms with van der Waals surface area (Å²) in [6.07, 6.45) is 7.69. The monoisotopic (exact) mass is 415 g/mol. The highest BCUT2D eigenvalue weighted by Gasteiger charge is 2.27. The Morgan fingerprint density at radius 3 is 2.66 bits per heavy atom. The van der Waals surface area contributed by atoms with Gasteiger partial charge in [0, 0.05) is 44.4 Å². The first-order valence-electron chi connectivity index (χ1n) is 9.14. The Morgan fingerprint density at radius 1 is 1.14 bits per heavy atom. The van der Waals surface area contributed by atoms with Crippen LogP contribution in [0, 0.1) is 0 Å². The number of rotatable bonds is 6. The lowest BCUT2D eigenvalue weighted by atomic mass is 10.2. The zero-order chi connectivity index (χ0) is 20.3. The molecule has 11 heteroatoms. The summed E-state index contributed by atoms with van der Waals surface area (Å²) in [5.41, 5.74) is 2.19. The topological polar surface area (TPSA) is 124 Å². The van der Waals surface area contributed by atoms with Gasteiger partial charge in [0.15, 0.2) is 0 Å². The van der Waals surface area contributed by atoms with E-state index in [4.69, 9.17) is 4.74 Å². The van der Waals surface area contributed by atoms with Crippen LogP contribution < -0.4 is 10.0 Å². The van der Waals surface area contributed by atoms with Gasteiger partial charge in [-0.15, -0.1) is 0 Å². The molecule has 1 saturated heterocycles. The lowest BCUT2D eigenvalue weighted by molar-refractivity contribution is 0.0984. The van der Waals surface area contributed by atoms with Crippen molar-refractivity contribution in [1.82, 2.24) is 24.7 Å². The molecule has 29 heavy (non-hydrogen) atoms. The van der Waals surface area contributed by atoms with Crippen LogP contribution in [0.4, 0.5) is 17.5 Å². The SMILES string of the molecule is Cn1cc(Nc2nccc(-c3ccc(NS(=O)(=O)C4CCOCC4)nc3)n2)cn1. The Bertz CT molecular complexity index is 1080. The van der Waals surface area contributed by atoms with Crippen LogP contribution >= 0.6 is 0 Å². The maximum Gasteiger partial charge on any atom is 0.236 e. The quantitative estimate of drug-likeness (QED) is 0.626. The van der Waals surface area contributed by atoms with E-state index in [2.05, 4.69) is 30.1 Å². The van der Waals surface area contributed by atoms with Crippen molar-refractivity contribution in [2.24, 2.45) is 7.05 Å². The average Bonchev–Trinajstić information content (AvgIpc) is 3.14. The molecule has 0 bridgehead atoms. The van der Waals surface area contributed by atoms with E-state index in [1.54, 1.807) is 41.5 Å². The van der Waals surface area contributed by atoms with Crippen LogP contribution in [0.25, 0.3) is 11.3 Å². The fraction of sp³-hybridized carbons (Fsp3) is 0.333. The predicted octanol–water partition coefficient (Wildman–Crippen LogP) is 1.94. The molecule has 0 atom stereocenters. The number of sulfonamides is 1. The molecule has 3 aromatic heterocycles. The number of hydrogen-bond acceptors (Lipinski definition) is 8. The Kier molecular flexibility index (Phi) is 5.41. The molecule has 0 spiro atoms. The van der Waals surface area contributed by atoms with Crippen LogP contribution in [0.2, 0.25) is 0 Å². The van der Waals surface area contributed by atoms with Crippen molar-refractivity contribution in [2.75, 3.05) is 23.3 Å². The molecule has 0 amide bonds. The largest absolute Gasteiger partial charge is 0.381 e. The summed E-state index contributed by atoms with van der Waals surface area (Å²) in [7, 11) is -1.66. The minimum atomic E-state index is -3.49. The third kappa shape index (κ3) is 4.69. The first-order valence-corrected chi connectivity index (χ1v) is 10.7. The van der Waals surface area contributed by atoms with Crippen LogP contribution in [-0.4, -0.2) is 51.6 Å². The number of hydrogen-bond donors (Lipinski definition) is 2. The normalized spacial score (nSPS) is 15.2. The molecule has 1 fully saturated rings. The van der Waals surface area contributed by atoms with Gasteiger partial charge in [-0.25, -0.2) is 23.4 Å². The van der Waals surface area contributed by atoms with E-state index in [9.17, 15) is 8.42 Å². The van der Waals surface area contributed by atoms with E-state index in [1.165, 1.54) is 0 Å². The number of pyridine rings is 1. The highest BCUT2D eigenvalue weighted by Crippen LogP contribution is 2.22. The number of anilines is 3. The molecule has 0 unspecified atom stereocenters. The van der Waals surface area contributed by atoms with Gasteiger partial charge in [-0.1, -0.05) is 0 Å². The molecule has 10 nitrogen and oxygen atoms in total. The number of ether oxygens (including phenoxy) is 1. The van der Waals surface area contributed by atoms with Gasteiger partial charge in [0.05, 0.1) is 22.8 Å². The van der Waals surface area contributed by atoms with E-state index in [1.807, 2.05) is 13.2 Å². The highest BCUT2D eigenvalue weighted by atomic mass is 32.2. The Morgan fingerprint density at radius 2 is 1.97 bits per heavy atom. The van der Waals surface area contributed by atoms with E-state index in [-0.39, 0.29) is 5.82 Å². The van der Waals surface area contributed by atoms with E-state index >= 15 is 0 Å². The standard InChI is InChI=1S/C18H21N7O3S/c1-25-12-14(11-21-25)22-18-19-7-4-16(23-18)13-2-3-17(20-10-13)24-29(26,27)15-5-8-28-9-6-15/h2-4,7,10-12,15H,5-6,8-9H2,1H3,(H,20,24)(H,19,22,23). The van der Waals surface area contributed by atoms with Crippen LogP contribution in [0.3, 0.4) is 0 Å². The van der Waals surface area contributed by atoms with Gasteiger partial charge in [0.1, 0.15) is 5.82 Å². The summed E-state index contributed by atoms with van der Waals surface area (Å²) in [4.78, 5) is 12.9. The molecule has 4 rings (SSSR count). The van der Waals surface area contributed by atoms with Crippen molar-refractivity contribution in [2.45, 2.75) is 18.1 Å². The van der Waals surface area contributed by atoms with Gasteiger partial charge in [-0.05, 0) is 31.0 Å². The molecular formula is C18H21N7O3S. The van der Waals surface area contributed by atoms with Crippen molar-refractivity contribution < 1.29 is 13.2 Å². The second-order valence-corrected chi connectivity index (χ2v) is 8.64. The first-order chi connectivity index (χ1) is 14.0. The van der Waals surface area contributed by atoms with Crippen molar-refractivity contribution in [3.05, 3.63) is 43.0 Å². The summed E-state index contributed by atoms with van der Waals surface area (Å²) >= 11 is 0. The Balaban J connectivity index is 1.47.